The van der Waals surface area contributed by atoms with Gasteiger partial charge in [0, 0.05) is 11.1 Å². The molecule has 2 N–H and O–H groups in total. The van der Waals surface area contributed by atoms with Crippen LogP contribution in [-0.4, -0.2) is 37.3 Å². The van der Waals surface area contributed by atoms with E-state index in [-0.39, 0.29) is 33.9 Å². The lowest BCUT2D eigenvalue weighted by Gasteiger charge is -2.35. The molecule has 6 aromatic carbocycles. The van der Waals surface area contributed by atoms with Gasteiger partial charge in [-0.2, -0.15) is 16.8 Å². The maximum Gasteiger partial charge on any atom is 0.294 e. The Labute approximate surface area is 382 Å². The largest absolute Gasteiger partial charge is 0.439 e. The highest BCUT2D eigenvalue weighted by molar-refractivity contribution is 7.86. The molecule has 0 spiro atoms. The van der Waals surface area contributed by atoms with Crippen LogP contribution >= 0.6 is 14.7 Å². The third-order valence-electron chi connectivity index (χ3n) is 12.8. The zero-order valence-electron chi connectivity index (χ0n) is 36.5. The summed E-state index contributed by atoms with van der Waals surface area (Å²) < 4.78 is 117. The van der Waals surface area contributed by atoms with E-state index in [1.165, 1.54) is 12.1 Å². The fourth-order valence-electron chi connectivity index (χ4n) is 9.52. The second-order valence-corrected chi connectivity index (χ2v) is 25.0. The topological polar surface area (TPSA) is 161 Å². The van der Waals surface area contributed by atoms with Crippen molar-refractivity contribution in [1.29, 1.82) is 0 Å². The van der Waals surface area contributed by atoms with E-state index in [1.807, 2.05) is 85.8 Å². The number of fused-ring (bicyclic) bond motifs is 6. The lowest BCUT2D eigenvalue weighted by Crippen LogP contribution is -2.29. The van der Waals surface area contributed by atoms with Crippen LogP contribution in [-0.2, 0) is 48.6 Å². The lowest BCUT2D eigenvalue weighted by atomic mass is 9.98. The Kier molecular flexibility index (Phi) is 13.8. The first kappa shape index (κ1) is 46.7. The van der Waals surface area contributed by atoms with Crippen LogP contribution in [0.15, 0.2) is 143 Å². The zero-order chi connectivity index (χ0) is 46.0. The van der Waals surface area contributed by atoms with Gasteiger partial charge in [0.15, 0.2) is 0 Å². The van der Waals surface area contributed by atoms with Gasteiger partial charge in [-0.1, -0.05) is 137 Å². The van der Waals surface area contributed by atoms with Crippen LogP contribution in [0.5, 0.6) is 11.5 Å². The fourth-order valence-corrected chi connectivity index (χ4v) is 16.9. The zero-order valence-corrected chi connectivity index (χ0v) is 39.9. The molecule has 65 heavy (non-hydrogen) atoms. The Balaban J connectivity index is 1.13. The maximum atomic E-state index is 15.9. The van der Waals surface area contributed by atoms with Gasteiger partial charge < -0.3 is 9.05 Å². The van der Waals surface area contributed by atoms with Gasteiger partial charge in [-0.05, 0) is 115 Å². The highest BCUT2D eigenvalue weighted by Crippen LogP contribution is 2.62. The van der Waals surface area contributed by atoms with Gasteiger partial charge >= 0.3 is 0 Å². The Hall–Kier alpha value is -4.80. The van der Waals surface area contributed by atoms with Crippen molar-refractivity contribution in [2.45, 2.75) is 106 Å². The molecule has 0 fully saturated rings. The van der Waals surface area contributed by atoms with Crippen LogP contribution in [0.3, 0.4) is 0 Å². The molecule has 0 bridgehead atoms. The highest BCUT2D eigenvalue weighted by Gasteiger charge is 2.45. The molecule has 0 radical (unpaired) electrons. The molecule has 340 valence electrons. The van der Waals surface area contributed by atoms with E-state index in [2.05, 4.69) is 6.92 Å². The number of unbranched alkanes of at least 4 members (excludes halogenated alkanes) is 3. The normalized spacial score (nSPS) is 18.5. The summed E-state index contributed by atoms with van der Waals surface area (Å²) in [5.41, 5.74) is 3.86. The van der Waals surface area contributed by atoms with Crippen LogP contribution in [0.4, 0.5) is 0 Å². The summed E-state index contributed by atoms with van der Waals surface area (Å²) in [4.78, 5) is -0.541. The summed E-state index contributed by atoms with van der Waals surface area (Å²) in [6.45, 7) is 4.07. The van der Waals surface area contributed by atoms with Crippen molar-refractivity contribution in [3.63, 3.8) is 0 Å². The summed E-state index contributed by atoms with van der Waals surface area (Å²) in [7, 11) is -16.7. The average Bonchev–Trinajstić information content (AvgIpc) is 3.29. The highest BCUT2D eigenvalue weighted by atomic mass is 32.2. The number of rotatable bonds is 18. The first-order valence-electron chi connectivity index (χ1n) is 22.3. The number of hydrogen-bond acceptors (Lipinski definition) is 8. The Morgan fingerprint density at radius 3 is 1.51 bits per heavy atom. The van der Waals surface area contributed by atoms with Crippen molar-refractivity contribution in [1.82, 2.24) is 0 Å². The van der Waals surface area contributed by atoms with E-state index in [0.717, 1.165) is 47.9 Å². The van der Waals surface area contributed by atoms with Gasteiger partial charge in [0.25, 0.3) is 35.0 Å². The van der Waals surface area contributed by atoms with Crippen molar-refractivity contribution in [3.8, 4) is 33.8 Å². The van der Waals surface area contributed by atoms with Crippen molar-refractivity contribution in [2.75, 3.05) is 0 Å². The number of aryl methyl sites for hydroxylation is 1. The first-order chi connectivity index (χ1) is 31.1. The summed E-state index contributed by atoms with van der Waals surface area (Å²) >= 11 is 0. The van der Waals surface area contributed by atoms with Gasteiger partial charge in [-0.25, -0.2) is 0 Å². The Morgan fingerprint density at radius 2 is 0.985 bits per heavy atom. The molecule has 0 aliphatic carbocycles. The van der Waals surface area contributed by atoms with Gasteiger partial charge in [0.2, 0.25) is 0 Å². The summed E-state index contributed by atoms with van der Waals surface area (Å²) in [6, 6.07) is 39.5. The minimum absolute atomic E-state index is 0.0516. The molecule has 14 heteroatoms. The standard InChI is InChI=1S/C51H54O10P2S2/c1-3-5-6-7-17-38-30-28-36(33-50(38)64(54,55)56)32-37-29-31-39(51(34-37)65(57,58)59)35-41(63(53)49-27-15-11-23-45(49)43-21-9-13-25-47(43)61-63)19-16-18-40(4-2)62(52)48-26-14-10-22-44(48)42-20-8-12-24-46(42)60-62/h8-15,20-31,33-34,40-41H,3-7,16-19,32,35H2,1-2H3,(H,54,55,56)(H,57,58,59). The third kappa shape index (κ3) is 9.72. The summed E-state index contributed by atoms with van der Waals surface area (Å²) in [6.07, 6.45) is 6.00. The predicted octanol–water partition coefficient (Wildman–Crippen LogP) is 12.1. The van der Waals surface area contributed by atoms with Crippen LogP contribution in [0.2, 0.25) is 0 Å². The monoisotopic (exact) mass is 952 g/mol. The molecule has 4 unspecified atom stereocenters. The van der Waals surface area contributed by atoms with Crippen molar-refractivity contribution in [3.05, 3.63) is 156 Å². The van der Waals surface area contributed by atoms with Crippen molar-refractivity contribution < 1.29 is 44.1 Å². The van der Waals surface area contributed by atoms with Crippen molar-refractivity contribution >= 4 is 45.6 Å². The van der Waals surface area contributed by atoms with Gasteiger partial charge in [-0.3, -0.25) is 18.2 Å². The molecule has 0 amide bonds. The predicted molar refractivity (Wildman–Crippen MR) is 258 cm³/mol. The molecular formula is C51H54O10P2S2. The van der Waals surface area contributed by atoms with Crippen LogP contribution < -0.4 is 19.7 Å². The van der Waals surface area contributed by atoms with Gasteiger partial charge in [-0.15, -0.1) is 0 Å². The molecule has 0 saturated carbocycles. The minimum Gasteiger partial charge on any atom is -0.439 e. The molecule has 2 aliphatic heterocycles. The van der Waals surface area contributed by atoms with E-state index in [9.17, 15) is 25.9 Å². The molecule has 4 atom stereocenters. The third-order valence-corrected chi connectivity index (χ3v) is 20.7. The summed E-state index contributed by atoms with van der Waals surface area (Å²) in [5.74, 6) is 1.01. The molecule has 6 aromatic rings. The van der Waals surface area contributed by atoms with E-state index in [0.29, 0.717) is 70.9 Å². The minimum atomic E-state index is -4.84. The molecule has 0 saturated heterocycles. The molecular weight excluding hydrogens is 899 g/mol. The van der Waals surface area contributed by atoms with E-state index in [4.69, 9.17) is 9.05 Å². The van der Waals surface area contributed by atoms with Crippen molar-refractivity contribution in [2.24, 2.45) is 0 Å². The smallest absolute Gasteiger partial charge is 0.294 e. The number of hydrogen-bond donors (Lipinski definition) is 2. The molecule has 2 heterocycles. The van der Waals surface area contributed by atoms with Crippen LogP contribution in [0.1, 0.15) is 87.5 Å². The molecule has 2 aliphatic rings. The Morgan fingerprint density at radius 1 is 0.523 bits per heavy atom. The fraction of sp³-hybridized carbons (Fsp3) is 0.294. The van der Waals surface area contributed by atoms with Gasteiger partial charge in [0.05, 0.1) is 31.7 Å². The van der Waals surface area contributed by atoms with E-state index < -0.39 is 40.6 Å². The average molecular weight is 953 g/mol. The lowest BCUT2D eigenvalue weighted by molar-refractivity contribution is 0.452. The quantitative estimate of drug-likeness (QED) is 0.0482. The molecule has 10 nitrogen and oxygen atoms in total. The number of benzene rings is 6. The van der Waals surface area contributed by atoms with Crippen LogP contribution in [0.25, 0.3) is 22.3 Å². The van der Waals surface area contributed by atoms with Gasteiger partial charge in [0.1, 0.15) is 11.5 Å². The molecule has 8 rings (SSSR count). The second-order valence-electron chi connectivity index (χ2n) is 17.1. The molecule has 0 aromatic heterocycles. The van der Waals surface area contributed by atoms with E-state index >= 15 is 9.13 Å². The summed E-state index contributed by atoms with van der Waals surface area (Å²) in [5, 5.41) is 1.18. The Bertz CT molecular complexity index is 3060. The first-order valence-corrected chi connectivity index (χ1v) is 28.6. The SMILES string of the molecule is CCCCCCc1ccc(Cc2ccc(CC(CCCC(CC)P3(=O)Oc4ccccc4-c4ccccc43)P3(=O)Oc4ccccc4-c4ccccc43)c(S(=O)(=O)O)c2)cc1S(=O)(=O)O. The second kappa shape index (κ2) is 19.2. The maximum absolute atomic E-state index is 15.9. The number of para-hydroxylation sites is 2. The van der Waals surface area contributed by atoms with E-state index in [1.54, 1.807) is 42.5 Å². The van der Waals surface area contributed by atoms with Crippen LogP contribution in [0, 0.1) is 0 Å².